The van der Waals surface area contributed by atoms with Crippen LogP contribution in [0.3, 0.4) is 0 Å². The van der Waals surface area contributed by atoms with Crippen LogP contribution in [-0.2, 0) is 16.6 Å². The number of β-amino-alcohol motifs (C(OH)–C–C–N with tert-alkyl or cyclic N) is 1. The Bertz CT molecular complexity index is 586. The Morgan fingerprint density at radius 1 is 1.15 bits per heavy atom. The molecule has 3 N–H and O–H groups in total. The number of aromatic nitrogens is 2. The lowest BCUT2D eigenvalue weighted by Crippen LogP contribution is -2.52. The van der Waals surface area contributed by atoms with Gasteiger partial charge >= 0.3 is 0 Å². The van der Waals surface area contributed by atoms with E-state index in [1.807, 2.05) is 7.05 Å². The smallest absolute Gasteiger partial charge is 0.290 e. The molecule has 27 heavy (non-hydrogen) atoms. The first-order chi connectivity index (χ1) is 12.9. The van der Waals surface area contributed by atoms with Gasteiger partial charge in [0.2, 0.25) is 0 Å². The number of amides is 1. The first-order valence-electron chi connectivity index (χ1n) is 8.78. The number of carbonyl (C=O) groups excluding carboxylic acids is 1. The van der Waals surface area contributed by atoms with E-state index in [2.05, 4.69) is 9.88 Å². The van der Waals surface area contributed by atoms with Crippen molar-refractivity contribution in [2.75, 3.05) is 32.7 Å². The van der Waals surface area contributed by atoms with Gasteiger partial charge in [-0.1, -0.05) is 0 Å². The minimum atomic E-state index is -0.636. The summed E-state index contributed by atoms with van der Waals surface area (Å²) >= 11 is 0. The summed E-state index contributed by atoms with van der Waals surface area (Å²) in [7, 11) is 1.83. The Labute approximate surface area is 158 Å². The second-order valence-electron chi connectivity index (χ2n) is 6.57. The van der Waals surface area contributed by atoms with Gasteiger partial charge in [0, 0.05) is 39.1 Å². The Kier molecular flexibility index (Phi) is 9.45. The highest BCUT2D eigenvalue weighted by Crippen LogP contribution is 2.25. The first-order valence-corrected chi connectivity index (χ1v) is 8.78. The lowest BCUT2D eigenvalue weighted by atomic mass is 9.90. The third kappa shape index (κ3) is 6.99. The van der Waals surface area contributed by atoms with Crippen LogP contribution in [-0.4, -0.2) is 91.8 Å². The summed E-state index contributed by atoms with van der Waals surface area (Å²) in [5, 5.41) is 24.5. The van der Waals surface area contributed by atoms with Gasteiger partial charge in [0.15, 0.2) is 5.82 Å². The van der Waals surface area contributed by atoms with Crippen molar-refractivity contribution in [3.8, 4) is 0 Å². The quantitative estimate of drug-likeness (QED) is 0.614. The standard InChI is InChI=1S/C15H24N4O2.2CH2O2/c1-17-11-6-16-13(17)14(20)19-9-4-15(21,5-10-19)12-18-7-2-3-8-18;2*2-1-3/h6,11,21H,2-5,7-10,12H2,1H3;2*1H,(H,2,3). The molecule has 1 amide bonds. The predicted octanol–water partition coefficient (Wildman–Crippen LogP) is -0.115. The molecule has 0 atom stereocenters. The highest BCUT2D eigenvalue weighted by Gasteiger charge is 2.36. The highest BCUT2D eigenvalue weighted by molar-refractivity contribution is 5.90. The zero-order chi connectivity index (χ0) is 20.3. The van der Waals surface area contributed by atoms with Crippen LogP contribution < -0.4 is 0 Å². The molecule has 0 aliphatic carbocycles. The molecule has 3 rings (SSSR count). The van der Waals surface area contributed by atoms with Crippen LogP contribution in [0.25, 0.3) is 0 Å². The molecule has 0 saturated carbocycles. The first kappa shape index (κ1) is 22.6. The van der Waals surface area contributed by atoms with E-state index in [4.69, 9.17) is 19.8 Å². The Morgan fingerprint density at radius 3 is 2.11 bits per heavy atom. The van der Waals surface area contributed by atoms with Crippen molar-refractivity contribution in [1.29, 1.82) is 0 Å². The molecule has 0 radical (unpaired) electrons. The normalized spacial score (nSPS) is 18.5. The summed E-state index contributed by atoms with van der Waals surface area (Å²) in [6.07, 6.45) is 7.20. The Morgan fingerprint density at radius 2 is 1.67 bits per heavy atom. The zero-order valence-corrected chi connectivity index (χ0v) is 15.5. The van der Waals surface area contributed by atoms with E-state index < -0.39 is 5.60 Å². The van der Waals surface area contributed by atoms with E-state index in [0.29, 0.717) is 31.8 Å². The number of aryl methyl sites for hydroxylation is 1. The average Bonchev–Trinajstić information content (AvgIpc) is 3.28. The number of rotatable bonds is 3. The van der Waals surface area contributed by atoms with Gasteiger partial charge in [-0.3, -0.25) is 14.4 Å². The summed E-state index contributed by atoms with van der Waals surface area (Å²) in [4.78, 5) is 37.4. The maximum atomic E-state index is 12.4. The lowest BCUT2D eigenvalue weighted by molar-refractivity contribution is -0.123. The molecule has 10 heteroatoms. The molecule has 1 aromatic heterocycles. The maximum absolute atomic E-state index is 12.4. The van der Waals surface area contributed by atoms with Crippen LogP contribution in [0.5, 0.6) is 0 Å². The van der Waals surface area contributed by atoms with E-state index in [0.717, 1.165) is 19.6 Å². The van der Waals surface area contributed by atoms with Crippen molar-refractivity contribution in [2.45, 2.75) is 31.3 Å². The summed E-state index contributed by atoms with van der Waals surface area (Å²) < 4.78 is 1.74. The SMILES string of the molecule is Cn1ccnc1C(=O)N1CCC(O)(CN2CCCC2)CC1.O=CO.O=CO. The largest absolute Gasteiger partial charge is 0.483 e. The van der Waals surface area contributed by atoms with Crippen molar-refractivity contribution in [1.82, 2.24) is 19.4 Å². The van der Waals surface area contributed by atoms with Gasteiger partial charge < -0.3 is 29.7 Å². The second kappa shape index (κ2) is 11.3. The van der Waals surface area contributed by atoms with Gasteiger partial charge in [0.25, 0.3) is 18.9 Å². The molecule has 2 saturated heterocycles. The lowest BCUT2D eigenvalue weighted by Gasteiger charge is -2.40. The van der Waals surface area contributed by atoms with Gasteiger partial charge in [0.1, 0.15) is 0 Å². The molecular formula is C17H28N4O6. The molecule has 0 bridgehead atoms. The summed E-state index contributed by atoms with van der Waals surface area (Å²) in [5.74, 6) is 0.436. The van der Waals surface area contributed by atoms with E-state index in [1.165, 1.54) is 12.8 Å². The van der Waals surface area contributed by atoms with E-state index >= 15 is 0 Å². The fraction of sp³-hybridized carbons (Fsp3) is 0.647. The summed E-state index contributed by atoms with van der Waals surface area (Å²) in [5.41, 5.74) is -0.636. The van der Waals surface area contributed by atoms with Crippen molar-refractivity contribution in [2.24, 2.45) is 7.05 Å². The van der Waals surface area contributed by atoms with Gasteiger partial charge in [-0.05, 0) is 38.8 Å². The number of piperidine rings is 1. The predicted molar refractivity (Wildman–Crippen MR) is 96.4 cm³/mol. The van der Waals surface area contributed by atoms with Crippen LogP contribution in [0.15, 0.2) is 12.4 Å². The van der Waals surface area contributed by atoms with Crippen LogP contribution in [0.2, 0.25) is 0 Å². The van der Waals surface area contributed by atoms with Crippen LogP contribution >= 0.6 is 0 Å². The van der Waals surface area contributed by atoms with Crippen molar-refractivity contribution in [3.63, 3.8) is 0 Å². The number of likely N-dealkylation sites (tertiary alicyclic amines) is 2. The highest BCUT2D eigenvalue weighted by atomic mass is 16.3. The molecule has 0 unspecified atom stereocenters. The topological polar surface area (TPSA) is 136 Å². The molecule has 10 nitrogen and oxygen atoms in total. The minimum absolute atomic E-state index is 0.0364. The molecular weight excluding hydrogens is 356 g/mol. The Balaban J connectivity index is 0.000000540. The molecule has 2 aliphatic rings. The maximum Gasteiger partial charge on any atom is 0.290 e. The summed E-state index contributed by atoms with van der Waals surface area (Å²) in [6.45, 7) is 3.65. The number of carboxylic acid groups (broad SMARTS) is 2. The van der Waals surface area contributed by atoms with Gasteiger partial charge in [-0.2, -0.15) is 0 Å². The second-order valence-corrected chi connectivity index (χ2v) is 6.57. The monoisotopic (exact) mass is 384 g/mol. The van der Waals surface area contributed by atoms with Gasteiger partial charge in [-0.15, -0.1) is 0 Å². The van der Waals surface area contributed by atoms with E-state index in [9.17, 15) is 9.90 Å². The summed E-state index contributed by atoms with van der Waals surface area (Å²) in [6, 6.07) is 0. The zero-order valence-electron chi connectivity index (χ0n) is 15.5. The molecule has 2 fully saturated rings. The Hall–Kier alpha value is -2.46. The molecule has 1 aromatic rings. The third-order valence-electron chi connectivity index (χ3n) is 4.71. The molecule has 2 aliphatic heterocycles. The van der Waals surface area contributed by atoms with Crippen molar-refractivity contribution < 1.29 is 29.7 Å². The van der Waals surface area contributed by atoms with Crippen molar-refractivity contribution >= 4 is 18.9 Å². The fourth-order valence-corrected chi connectivity index (χ4v) is 3.35. The molecule has 0 spiro atoms. The van der Waals surface area contributed by atoms with Gasteiger partial charge in [0.05, 0.1) is 5.60 Å². The minimum Gasteiger partial charge on any atom is -0.483 e. The average molecular weight is 384 g/mol. The fourth-order valence-electron chi connectivity index (χ4n) is 3.35. The molecule has 3 heterocycles. The van der Waals surface area contributed by atoms with Crippen molar-refractivity contribution in [3.05, 3.63) is 18.2 Å². The third-order valence-corrected chi connectivity index (χ3v) is 4.71. The van der Waals surface area contributed by atoms with Crippen LogP contribution in [0.1, 0.15) is 36.3 Å². The number of hydrogen-bond acceptors (Lipinski definition) is 6. The number of hydrogen-bond donors (Lipinski definition) is 3. The molecule has 0 aromatic carbocycles. The van der Waals surface area contributed by atoms with Crippen LogP contribution in [0.4, 0.5) is 0 Å². The number of aliphatic hydroxyl groups is 1. The molecule has 152 valence electrons. The number of nitrogens with zero attached hydrogens (tertiary/aromatic N) is 4. The number of carbonyl (C=O) groups is 3. The number of imidazole rings is 1. The van der Waals surface area contributed by atoms with Crippen LogP contribution in [0, 0.1) is 0 Å². The van der Waals surface area contributed by atoms with Gasteiger partial charge in [-0.25, -0.2) is 4.98 Å². The van der Waals surface area contributed by atoms with E-state index in [1.54, 1.807) is 21.9 Å². The van der Waals surface area contributed by atoms with E-state index in [-0.39, 0.29) is 18.9 Å².